The highest BCUT2D eigenvalue weighted by Crippen LogP contribution is 2.11. The number of halogens is 1. The van der Waals surface area contributed by atoms with Gasteiger partial charge < -0.3 is 10.6 Å². The number of aryl methyl sites for hydroxylation is 1. The Bertz CT molecular complexity index is 704. The summed E-state index contributed by atoms with van der Waals surface area (Å²) in [7, 11) is -3.04. The molecule has 0 spiro atoms. The van der Waals surface area contributed by atoms with Gasteiger partial charge in [-0.3, -0.25) is 9.59 Å². The second-order valence-electron chi connectivity index (χ2n) is 6.28. The molecule has 25 heavy (non-hydrogen) atoms. The predicted molar refractivity (Wildman–Crippen MR) is 92.2 cm³/mol. The molecule has 1 saturated heterocycles. The quantitative estimate of drug-likeness (QED) is 0.667. The molecule has 0 aliphatic carbocycles. The van der Waals surface area contributed by atoms with E-state index in [1.807, 2.05) is 0 Å². The van der Waals surface area contributed by atoms with E-state index in [0.717, 1.165) is 18.4 Å². The van der Waals surface area contributed by atoms with Crippen LogP contribution in [-0.4, -0.2) is 44.3 Å². The molecule has 1 unspecified atom stereocenters. The Kier molecular flexibility index (Phi) is 6.92. The lowest BCUT2D eigenvalue weighted by atomic mass is 10.1. The lowest BCUT2D eigenvalue weighted by Gasteiger charge is -2.11. The average molecular weight is 370 g/mol. The van der Waals surface area contributed by atoms with Crippen molar-refractivity contribution in [3.05, 3.63) is 35.6 Å². The number of carbonyl (C=O) groups excluding carboxylic acids is 2. The van der Waals surface area contributed by atoms with Gasteiger partial charge in [-0.15, -0.1) is 0 Å². The van der Waals surface area contributed by atoms with Crippen LogP contribution in [0.25, 0.3) is 0 Å². The summed E-state index contributed by atoms with van der Waals surface area (Å²) >= 11 is 0. The lowest BCUT2D eigenvalue weighted by molar-refractivity contribution is -0.126. The van der Waals surface area contributed by atoms with Gasteiger partial charge in [0.25, 0.3) is 0 Å². The van der Waals surface area contributed by atoms with E-state index < -0.39 is 9.84 Å². The number of carbonyl (C=O) groups is 2. The van der Waals surface area contributed by atoms with Gasteiger partial charge in [-0.2, -0.15) is 0 Å². The van der Waals surface area contributed by atoms with Crippen LogP contribution in [0.1, 0.15) is 31.2 Å². The summed E-state index contributed by atoms with van der Waals surface area (Å²) in [5.74, 6) is -0.791. The monoisotopic (exact) mass is 370 g/mol. The zero-order valence-electron chi connectivity index (χ0n) is 14.0. The van der Waals surface area contributed by atoms with Crippen molar-refractivity contribution < 1.29 is 22.4 Å². The van der Waals surface area contributed by atoms with E-state index >= 15 is 0 Å². The van der Waals surface area contributed by atoms with E-state index in [-0.39, 0.29) is 41.7 Å². The van der Waals surface area contributed by atoms with Crippen molar-refractivity contribution in [3.8, 4) is 0 Å². The fourth-order valence-electron chi connectivity index (χ4n) is 2.72. The molecule has 1 aliphatic rings. The first-order chi connectivity index (χ1) is 11.8. The zero-order valence-corrected chi connectivity index (χ0v) is 14.8. The highest BCUT2D eigenvalue weighted by molar-refractivity contribution is 7.91. The summed E-state index contributed by atoms with van der Waals surface area (Å²) in [5.41, 5.74) is 1.02. The normalized spacial score (nSPS) is 18.7. The highest BCUT2D eigenvalue weighted by atomic mass is 32.2. The second-order valence-corrected chi connectivity index (χ2v) is 8.51. The fourth-order valence-corrected chi connectivity index (χ4v) is 4.39. The Hall–Kier alpha value is -1.96. The highest BCUT2D eigenvalue weighted by Gasteiger charge is 2.28. The van der Waals surface area contributed by atoms with Crippen molar-refractivity contribution in [1.82, 2.24) is 10.6 Å². The minimum atomic E-state index is -3.04. The van der Waals surface area contributed by atoms with Crippen molar-refractivity contribution in [2.75, 3.05) is 18.1 Å². The molecule has 1 aliphatic heterocycles. The Balaban J connectivity index is 1.56. The summed E-state index contributed by atoms with van der Waals surface area (Å²) in [4.78, 5) is 23.4. The average Bonchev–Trinajstić information content (AvgIpc) is 2.90. The number of hydrogen-bond acceptors (Lipinski definition) is 4. The van der Waals surface area contributed by atoms with E-state index in [0.29, 0.717) is 19.3 Å². The first kappa shape index (κ1) is 19.4. The molecule has 138 valence electrons. The fraction of sp³-hybridized carbons (Fsp3) is 0.529. The molecule has 2 N–H and O–H groups in total. The molecule has 0 bridgehead atoms. The van der Waals surface area contributed by atoms with Crippen LogP contribution in [0.5, 0.6) is 0 Å². The second kappa shape index (κ2) is 8.94. The molecule has 8 heteroatoms. The maximum Gasteiger partial charge on any atom is 0.239 e. The molecule has 2 amide bonds. The molecule has 1 fully saturated rings. The maximum atomic E-state index is 12.8. The Morgan fingerprint density at radius 2 is 1.84 bits per heavy atom. The zero-order chi connectivity index (χ0) is 18.3. The van der Waals surface area contributed by atoms with Gasteiger partial charge in [0, 0.05) is 12.5 Å². The summed E-state index contributed by atoms with van der Waals surface area (Å²) in [6.07, 6.45) is 2.97. The topological polar surface area (TPSA) is 92.3 Å². The standard InChI is InChI=1S/C17H23FN2O4S/c18-14-7-5-13(6-8-14)3-1-2-4-16(21)19-11-17(22)20-15-9-10-25(23,24)12-15/h5-8,15H,1-4,9-12H2,(H,19,21)(H,20,22). The first-order valence-corrected chi connectivity index (χ1v) is 10.2. The molecular formula is C17H23FN2O4S. The summed E-state index contributed by atoms with van der Waals surface area (Å²) < 4.78 is 35.4. The third kappa shape index (κ3) is 7.21. The Morgan fingerprint density at radius 3 is 2.48 bits per heavy atom. The van der Waals surface area contributed by atoms with E-state index in [4.69, 9.17) is 0 Å². The number of sulfone groups is 1. The molecular weight excluding hydrogens is 347 g/mol. The van der Waals surface area contributed by atoms with Gasteiger partial charge in [0.05, 0.1) is 18.1 Å². The van der Waals surface area contributed by atoms with Gasteiger partial charge in [0.15, 0.2) is 9.84 Å². The van der Waals surface area contributed by atoms with Gasteiger partial charge >= 0.3 is 0 Å². The van der Waals surface area contributed by atoms with E-state index in [2.05, 4.69) is 10.6 Å². The van der Waals surface area contributed by atoms with Crippen molar-refractivity contribution in [1.29, 1.82) is 0 Å². The smallest absolute Gasteiger partial charge is 0.239 e. The third-order valence-corrected chi connectivity index (χ3v) is 5.84. The maximum absolute atomic E-state index is 12.8. The van der Waals surface area contributed by atoms with Crippen molar-refractivity contribution >= 4 is 21.7 Å². The van der Waals surface area contributed by atoms with Crippen LogP contribution in [0.4, 0.5) is 4.39 Å². The van der Waals surface area contributed by atoms with Crippen LogP contribution in [0, 0.1) is 5.82 Å². The Labute approximate surface area is 147 Å². The number of hydrogen-bond donors (Lipinski definition) is 2. The summed E-state index contributed by atoms with van der Waals surface area (Å²) in [5, 5.41) is 5.15. The van der Waals surface area contributed by atoms with Crippen LogP contribution in [-0.2, 0) is 25.8 Å². The SMILES string of the molecule is O=C(CCCCc1ccc(F)cc1)NCC(=O)NC1CCS(=O)(=O)C1. The minimum Gasteiger partial charge on any atom is -0.351 e. The van der Waals surface area contributed by atoms with Gasteiger partial charge in [0.1, 0.15) is 5.82 Å². The number of rotatable bonds is 8. The van der Waals surface area contributed by atoms with Crippen molar-refractivity contribution in [3.63, 3.8) is 0 Å². The van der Waals surface area contributed by atoms with Gasteiger partial charge in [-0.1, -0.05) is 12.1 Å². The first-order valence-electron chi connectivity index (χ1n) is 8.35. The molecule has 0 aromatic heterocycles. The van der Waals surface area contributed by atoms with Crippen LogP contribution in [0.15, 0.2) is 24.3 Å². The Morgan fingerprint density at radius 1 is 1.12 bits per heavy atom. The van der Waals surface area contributed by atoms with E-state index in [9.17, 15) is 22.4 Å². The number of benzene rings is 1. The van der Waals surface area contributed by atoms with Crippen LogP contribution in [0.3, 0.4) is 0 Å². The summed E-state index contributed by atoms with van der Waals surface area (Å²) in [6, 6.07) is 5.92. The van der Waals surface area contributed by atoms with E-state index in [1.165, 1.54) is 12.1 Å². The molecule has 1 aromatic carbocycles. The molecule has 6 nitrogen and oxygen atoms in total. The molecule has 0 saturated carbocycles. The van der Waals surface area contributed by atoms with Crippen LogP contribution < -0.4 is 10.6 Å². The van der Waals surface area contributed by atoms with Gasteiger partial charge in [0.2, 0.25) is 11.8 Å². The van der Waals surface area contributed by atoms with E-state index in [1.54, 1.807) is 12.1 Å². The van der Waals surface area contributed by atoms with Crippen LogP contribution >= 0.6 is 0 Å². The molecule has 0 radical (unpaired) electrons. The molecule has 1 aromatic rings. The largest absolute Gasteiger partial charge is 0.351 e. The van der Waals surface area contributed by atoms with Gasteiger partial charge in [-0.25, -0.2) is 12.8 Å². The number of amides is 2. The predicted octanol–water partition coefficient (Wildman–Crippen LogP) is 0.958. The van der Waals surface area contributed by atoms with Gasteiger partial charge in [-0.05, 0) is 43.4 Å². The van der Waals surface area contributed by atoms with Crippen molar-refractivity contribution in [2.45, 2.75) is 38.1 Å². The minimum absolute atomic E-state index is 0.0317. The number of unbranched alkanes of at least 4 members (excludes halogenated alkanes) is 1. The lowest BCUT2D eigenvalue weighted by Crippen LogP contribution is -2.42. The van der Waals surface area contributed by atoms with Crippen molar-refractivity contribution in [2.24, 2.45) is 0 Å². The van der Waals surface area contributed by atoms with Crippen LogP contribution in [0.2, 0.25) is 0 Å². The third-order valence-electron chi connectivity index (χ3n) is 4.08. The molecule has 1 atom stereocenters. The summed E-state index contributed by atoms with van der Waals surface area (Å²) in [6.45, 7) is -0.145. The molecule has 1 heterocycles. The number of nitrogens with one attached hydrogen (secondary N) is 2. The molecule has 2 rings (SSSR count).